The van der Waals surface area contributed by atoms with Crippen LogP contribution in [0.1, 0.15) is 5.56 Å². The van der Waals surface area contributed by atoms with Crippen LogP contribution in [0.2, 0.25) is 0 Å². The van der Waals surface area contributed by atoms with Crippen molar-refractivity contribution in [3.8, 4) is 5.69 Å². The molecule has 0 aliphatic rings. The molecule has 0 N–H and O–H groups in total. The van der Waals surface area contributed by atoms with Gasteiger partial charge >= 0.3 is 6.18 Å². The highest BCUT2D eigenvalue weighted by molar-refractivity contribution is 7.79. The number of aromatic nitrogens is 2. The lowest BCUT2D eigenvalue weighted by Crippen LogP contribution is -2.28. The van der Waals surface area contributed by atoms with Crippen LogP contribution < -0.4 is 16.2 Å². The molecule has 0 radical (unpaired) electrons. The number of rotatable bonds is 4. The second-order valence-electron chi connectivity index (χ2n) is 6.12. The van der Waals surface area contributed by atoms with Gasteiger partial charge in [-0.3, -0.25) is 4.57 Å². The molecule has 0 aliphatic carbocycles. The molecule has 2 nitrogen and oxygen atoms in total. The highest BCUT2D eigenvalue weighted by Crippen LogP contribution is 2.36. The second-order valence-corrected chi connectivity index (χ2v) is 8.22. The molecule has 28 heavy (non-hydrogen) atoms. The predicted molar refractivity (Wildman–Crippen MR) is 107 cm³/mol. The highest BCUT2D eigenvalue weighted by Gasteiger charge is 2.34. The largest absolute Gasteiger partial charge is 0.418 e. The molecular weight excluding hydrogens is 380 g/mol. The average molecular weight is 396 g/mol. The van der Waals surface area contributed by atoms with Gasteiger partial charge < -0.3 is 0 Å². The Morgan fingerprint density at radius 2 is 1.25 bits per heavy atom. The molecule has 6 heteroatoms. The Morgan fingerprint density at radius 1 is 0.714 bits per heavy atom. The predicted octanol–water partition coefficient (Wildman–Crippen LogP) is 4.65. The summed E-state index contributed by atoms with van der Waals surface area (Å²) in [5.41, 5.74) is 0.0104. The van der Waals surface area contributed by atoms with Crippen LogP contribution in [-0.4, -0.2) is 9.55 Å². The van der Waals surface area contributed by atoms with E-state index in [0.29, 0.717) is 5.57 Å². The molecular formula is C22H16F3N2P. The molecule has 0 unspecified atom stereocenters. The van der Waals surface area contributed by atoms with Crippen molar-refractivity contribution in [1.29, 1.82) is 0 Å². The van der Waals surface area contributed by atoms with Crippen LogP contribution in [0.5, 0.6) is 0 Å². The summed E-state index contributed by atoms with van der Waals surface area (Å²) in [5, 5.41) is 2.06. The Balaban J connectivity index is 1.92. The summed E-state index contributed by atoms with van der Waals surface area (Å²) in [4.78, 5) is 4.49. The van der Waals surface area contributed by atoms with Gasteiger partial charge in [0.15, 0.2) is 0 Å². The summed E-state index contributed by atoms with van der Waals surface area (Å²) < 4.78 is 42.3. The molecule has 4 aromatic rings. The number of benzene rings is 3. The van der Waals surface area contributed by atoms with Gasteiger partial charge in [-0.25, -0.2) is 4.98 Å². The van der Waals surface area contributed by atoms with E-state index in [1.807, 2.05) is 60.7 Å². The number of imidazole rings is 1. The molecule has 1 aromatic heterocycles. The Labute approximate surface area is 162 Å². The highest BCUT2D eigenvalue weighted by atomic mass is 31.1. The van der Waals surface area contributed by atoms with Gasteiger partial charge in [-0.15, -0.1) is 0 Å². The van der Waals surface area contributed by atoms with E-state index >= 15 is 0 Å². The Bertz CT molecular complexity index is 1020. The molecule has 3 aromatic carbocycles. The Hall–Kier alpha value is -2.91. The number of alkyl halides is 3. The Kier molecular flexibility index (Phi) is 5.01. The summed E-state index contributed by atoms with van der Waals surface area (Å²) in [5.74, 6) is 0. The van der Waals surface area contributed by atoms with Crippen molar-refractivity contribution in [2.24, 2.45) is 0 Å². The molecule has 1 heterocycles. The van der Waals surface area contributed by atoms with E-state index in [0.717, 1.165) is 16.7 Å². The summed E-state index contributed by atoms with van der Waals surface area (Å²) in [6.07, 6.45) is -1.29. The van der Waals surface area contributed by atoms with E-state index in [2.05, 4.69) is 4.98 Å². The summed E-state index contributed by atoms with van der Waals surface area (Å²) in [7, 11) is -1.12. The van der Waals surface area contributed by atoms with Crippen molar-refractivity contribution in [1.82, 2.24) is 9.55 Å². The van der Waals surface area contributed by atoms with Gasteiger partial charge in [-0.05, 0) is 22.7 Å². The van der Waals surface area contributed by atoms with Crippen LogP contribution in [-0.2, 0) is 6.18 Å². The van der Waals surface area contributed by atoms with Crippen molar-refractivity contribution >= 4 is 24.1 Å². The fraction of sp³-hybridized carbons (Fsp3) is 0.0455. The third-order valence-corrected chi connectivity index (χ3v) is 6.68. The fourth-order valence-electron chi connectivity index (χ4n) is 3.11. The maximum Gasteiger partial charge on any atom is 0.418 e. The van der Waals surface area contributed by atoms with E-state index in [1.54, 1.807) is 23.0 Å². The quantitative estimate of drug-likeness (QED) is 0.459. The van der Waals surface area contributed by atoms with E-state index in [4.69, 9.17) is 0 Å². The van der Waals surface area contributed by atoms with Crippen LogP contribution in [0.25, 0.3) is 5.69 Å². The SMILES string of the molecule is FC(F)(F)c1ccccc1-n1ccnc1P(c1ccccc1)c1ccccc1. The van der Waals surface area contributed by atoms with E-state index in [9.17, 15) is 13.2 Å². The molecule has 0 aliphatic heterocycles. The van der Waals surface area contributed by atoms with Crippen molar-refractivity contribution in [3.63, 3.8) is 0 Å². The van der Waals surface area contributed by atoms with E-state index < -0.39 is 19.7 Å². The summed E-state index contributed by atoms with van der Waals surface area (Å²) >= 11 is 0. The monoisotopic (exact) mass is 396 g/mol. The van der Waals surface area contributed by atoms with Gasteiger partial charge in [-0.2, -0.15) is 13.2 Å². The van der Waals surface area contributed by atoms with Crippen LogP contribution in [0.4, 0.5) is 13.2 Å². The zero-order valence-electron chi connectivity index (χ0n) is 14.7. The standard InChI is InChI=1S/C22H16F3N2P/c23-22(24,25)19-13-7-8-14-20(19)27-16-15-26-21(27)28(17-9-3-1-4-10-17)18-11-5-2-6-12-18/h1-16H. The molecule has 0 saturated carbocycles. The minimum atomic E-state index is -4.44. The van der Waals surface area contributed by atoms with Gasteiger partial charge in [0.1, 0.15) is 5.57 Å². The lowest BCUT2D eigenvalue weighted by atomic mass is 10.1. The third kappa shape index (κ3) is 3.58. The number of hydrogen-bond donors (Lipinski definition) is 0. The topological polar surface area (TPSA) is 17.8 Å². The lowest BCUT2D eigenvalue weighted by molar-refractivity contribution is -0.137. The second kappa shape index (κ2) is 7.61. The normalized spacial score (nSPS) is 11.7. The van der Waals surface area contributed by atoms with Crippen LogP contribution in [0.15, 0.2) is 97.3 Å². The van der Waals surface area contributed by atoms with Gasteiger partial charge in [0, 0.05) is 20.3 Å². The van der Waals surface area contributed by atoms with Crippen molar-refractivity contribution in [3.05, 3.63) is 103 Å². The Morgan fingerprint density at radius 3 is 1.82 bits per heavy atom. The molecule has 0 saturated heterocycles. The van der Waals surface area contributed by atoms with Crippen molar-refractivity contribution < 1.29 is 13.2 Å². The first kappa shape index (κ1) is 18.5. The number of hydrogen-bond acceptors (Lipinski definition) is 1. The zero-order valence-corrected chi connectivity index (χ0v) is 15.6. The first-order valence-electron chi connectivity index (χ1n) is 8.66. The first-order valence-corrected chi connectivity index (χ1v) is 10.00. The summed E-state index contributed by atoms with van der Waals surface area (Å²) in [6.45, 7) is 0. The maximum absolute atomic E-state index is 13.6. The van der Waals surface area contributed by atoms with Gasteiger partial charge in [-0.1, -0.05) is 72.8 Å². The summed E-state index contributed by atoms with van der Waals surface area (Å²) in [6, 6.07) is 25.2. The third-order valence-electron chi connectivity index (χ3n) is 4.32. The van der Waals surface area contributed by atoms with Crippen molar-refractivity contribution in [2.45, 2.75) is 6.18 Å². The van der Waals surface area contributed by atoms with Crippen LogP contribution >= 0.6 is 7.92 Å². The van der Waals surface area contributed by atoms with Crippen LogP contribution in [0, 0.1) is 0 Å². The van der Waals surface area contributed by atoms with E-state index in [-0.39, 0.29) is 5.69 Å². The zero-order chi connectivity index (χ0) is 19.6. The molecule has 0 spiro atoms. The smallest absolute Gasteiger partial charge is 0.299 e. The molecule has 0 fully saturated rings. The molecule has 4 rings (SSSR count). The molecule has 0 amide bonds. The molecule has 140 valence electrons. The number of nitrogens with zero attached hydrogens (tertiary/aromatic N) is 2. The first-order chi connectivity index (χ1) is 13.6. The lowest BCUT2D eigenvalue weighted by Gasteiger charge is -2.21. The van der Waals surface area contributed by atoms with E-state index in [1.165, 1.54) is 12.1 Å². The van der Waals surface area contributed by atoms with Crippen molar-refractivity contribution in [2.75, 3.05) is 0 Å². The molecule has 0 bridgehead atoms. The van der Waals surface area contributed by atoms with Gasteiger partial charge in [0.05, 0.1) is 11.3 Å². The van der Waals surface area contributed by atoms with Crippen LogP contribution in [0.3, 0.4) is 0 Å². The minimum absolute atomic E-state index is 0.0851. The fourth-order valence-corrected chi connectivity index (χ4v) is 5.38. The number of para-hydroxylation sites is 1. The van der Waals surface area contributed by atoms with Gasteiger partial charge in [0.2, 0.25) is 0 Å². The average Bonchev–Trinajstić information content (AvgIpc) is 3.18. The minimum Gasteiger partial charge on any atom is -0.299 e. The molecule has 0 atom stereocenters. The van der Waals surface area contributed by atoms with Gasteiger partial charge in [0.25, 0.3) is 0 Å². The number of halogens is 3. The maximum atomic E-state index is 13.6.